The zero-order valence-electron chi connectivity index (χ0n) is 24.6. The fourth-order valence-electron chi connectivity index (χ4n) is 5.70. The maximum atomic E-state index is 13.7. The summed E-state index contributed by atoms with van der Waals surface area (Å²) in [6.07, 6.45) is 0.953. The monoisotopic (exact) mass is 647 g/mol. The molecule has 0 radical (unpaired) electrons. The van der Waals surface area contributed by atoms with Crippen LogP contribution in [0.4, 0.5) is 23.7 Å². The number of nitrogens with two attached hydrogens (primary N) is 1. The number of halogens is 4. The molecule has 2 aliphatic heterocycles. The van der Waals surface area contributed by atoms with Gasteiger partial charge in [0.25, 0.3) is 11.8 Å². The summed E-state index contributed by atoms with van der Waals surface area (Å²) >= 11 is 6.46. The van der Waals surface area contributed by atoms with E-state index in [1.54, 1.807) is 14.7 Å². The van der Waals surface area contributed by atoms with Crippen molar-refractivity contribution in [2.24, 2.45) is 12.8 Å². The van der Waals surface area contributed by atoms with Gasteiger partial charge in [-0.15, -0.1) is 0 Å². The molecule has 4 heterocycles. The van der Waals surface area contributed by atoms with Crippen LogP contribution in [0.1, 0.15) is 58.4 Å². The highest BCUT2D eigenvalue weighted by molar-refractivity contribution is 6.34. The fraction of sp³-hybridized carbons (Fsp3) is 0.483. The predicted octanol–water partition coefficient (Wildman–Crippen LogP) is 3.84. The third-order valence-electron chi connectivity index (χ3n) is 8.49. The molecule has 1 aromatic carbocycles. The quantitative estimate of drug-likeness (QED) is 0.432. The third-order valence-corrected chi connectivity index (χ3v) is 8.81. The lowest BCUT2D eigenvalue weighted by Crippen LogP contribution is -2.55. The molecule has 1 aliphatic carbocycles. The van der Waals surface area contributed by atoms with E-state index in [-0.39, 0.29) is 57.4 Å². The number of nitrogens with one attached hydrogen (secondary N) is 1. The Kier molecular flexibility index (Phi) is 8.24. The van der Waals surface area contributed by atoms with Crippen molar-refractivity contribution >= 4 is 35.1 Å². The summed E-state index contributed by atoms with van der Waals surface area (Å²) in [6, 6.07) is 4.47. The normalized spacial score (nSPS) is 18.0. The first kappa shape index (κ1) is 30.9. The number of piperazine rings is 1. The van der Waals surface area contributed by atoms with E-state index in [1.165, 1.54) is 46.9 Å². The van der Waals surface area contributed by atoms with Crippen molar-refractivity contribution in [3.63, 3.8) is 0 Å². The van der Waals surface area contributed by atoms with Gasteiger partial charge in [-0.25, -0.2) is 9.78 Å². The zero-order valence-corrected chi connectivity index (χ0v) is 25.3. The van der Waals surface area contributed by atoms with Crippen LogP contribution in [-0.4, -0.2) is 97.2 Å². The van der Waals surface area contributed by atoms with Crippen LogP contribution in [-0.2, 0) is 13.2 Å². The second-order valence-electron chi connectivity index (χ2n) is 11.7. The summed E-state index contributed by atoms with van der Waals surface area (Å²) in [5.74, 6) is -1.08. The summed E-state index contributed by atoms with van der Waals surface area (Å²) in [7, 11) is 1.45. The van der Waals surface area contributed by atoms with E-state index < -0.39 is 17.8 Å². The summed E-state index contributed by atoms with van der Waals surface area (Å²) < 4.78 is 43.8. The van der Waals surface area contributed by atoms with Gasteiger partial charge in [-0.3, -0.25) is 14.3 Å². The van der Waals surface area contributed by atoms with Gasteiger partial charge in [0.1, 0.15) is 0 Å². The van der Waals surface area contributed by atoms with Gasteiger partial charge in [0.15, 0.2) is 11.5 Å². The number of benzene rings is 1. The molecular formula is C29H33ClF3N9O3. The molecule has 1 saturated carbocycles. The van der Waals surface area contributed by atoms with Crippen LogP contribution < -0.4 is 11.1 Å². The molecular weight excluding hydrogens is 615 g/mol. The highest BCUT2D eigenvalue weighted by atomic mass is 35.5. The van der Waals surface area contributed by atoms with E-state index in [0.29, 0.717) is 39.3 Å². The number of likely N-dealkylation sites (tertiary alicyclic amines) is 1. The molecule has 0 unspecified atom stereocenters. The first-order valence-electron chi connectivity index (χ1n) is 14.8. The van der Waals surface area contributed by atoms with Crippen molar-refractivity contribution < 1.29 is 27.6 Å². The van der Waals surface area contributed by atoms with Crippen LogP contribution in [0.15, 0.2) is 30.6 Å². The topological polar surface area (TPSA) is 135 Å². The second kappa shape index (κ2) is 12.0. The molecule has 12 nitrogen and oxygen atoms in total. The number of imidazole rings is 1. The number of anilines is 1. The lowest BCUT2D eigenvalue weighted by molar-refractivity contribution is -0.141. The molecule has 3 N–H and O–H groups in total. The molecule has 2 saturated heterocycles. The number of amides is 4. The van der Waals surface area contributed by atoms with Crippen LogP contribution in [0.2, 0.25) is 5.02 Å². The maximum Gasteiger partial charge on any atom is 0.435 e. The molecule has 3 fully saturated rings. The highest BCUT2D eigenvalue weighted by Gasteiger charge is 2.40. The van der Waals surface area contributed by atoms with E-state index in [0.717, 1.165) is 25.7 Å². The molecule has 3 aliphatic rings. The number of urea groups is 1. The Morgan fingerprint density at radius 2 is 1.62 bits per heavy atom. The Bertz CT molecular complexity index is 1620. The van der Waals surface area contributed by atoms with Crippen molar-refractivity contribution in [2.45, 2.75) is 43.9 Å². The molecule has 0 spiro atoms. The minimum Gasteiger partial charge on any atom is -0.335 e. The fourth-order valence-corrected chi connectivity index (χ4v) is 5.96. The van der Waals surface area contributed by atoms with Crippen molar-refractivity contribution in [3.05, 3.63) is 52.7 Å². The molecule has 0 bridgehead atoms. The maximum absolute atomic E-state index is 13.7. The predicted molar refractivity (Wildman–Crippen MR) is 159 cm³/mol. The smallest absolute Gasteiger partial charge is 0.335 e. The Morgan fingerprint density at radius 3 is 2.24 bits per heavy atom. The first-order valence-corrected chi connectivity index (χ1v) is 15.2. The number of hydrogen-bond acceptors (Lipinski definition) is 6. The summed E-state index contributed by atoms with van der Waals surface area (Å²) in [4.78, 5) is 48.4. The van der Waals surface area contributed by atoms with Crippen LogP contribution in [0.5, 0.6) is 0 Å². The Hall–Kier alpha value is -4.11. The second-order valence-corrected chi connectivity index (χ2v) is 12.1. The number of carbonyl (C=O) groups is 3. The van der Waals surface area contributed by atoms with E-state index in [9.17, 15) is 27.6 Å². The van der Waals surface area contributed by atoms with Crippen molar-refractivity contribution in [1.29, 1.82) is 0 Å². The molecule has 3 aromatic rings. The van der Waals surface area contributed by atoms with E-state index >= 15 is 0 Å². The summed E-state index contributed by atoms with van der Waals surface area (Å²) in [6.45, 7) is 2.76. The molecule has 4 amide bonds. The third kappa shape index (κ3) is 6.36. The minimum absolute atomic E-state index is 0.0407. The van der Waals surface area contributed by atoms with E-state index in [1.807, 2.05) is 0 Å². The molecule has 16 heteroatoms. The molecule has 45 heavy (non-hydrogen) atoms. The first-order chi connectivity index (χ1) is 21.4. The van der Waals surface area contributed by atoms with Gasteiger partial charge in [-0.1, -0.05) is 11.6 Å². The average Bonchev–Trinajstić information content (AvgIpc) is 3.64. The van der Waals surface area contributed by atoms with E-state index in [2.05, 4.69) is 15.4 Å². The zero-order chi connectivity index (χ0) is 32.0. The molecule has 6 rings (SSSR count). The number of carbonyl (C=O) groups excluding carboxylic acids is 3. The van der Waals surface area contributed by atoms with Gasteiger partial charge in [-0.05, 0) is 43.9 Å². The van der Waals surface area contributed by atoms with Gasteiger partial charge in [0, 0.05) is 64.2 Å². The van der Waals surface area contributed by atoms with Crippen molar-refractivity contribution in [1.82, 2.24) is 34.0 Å². The SMILES string of the molecule is Cn1c(-c2cn(C3CC3)nc2C(F)(F)F)cnc1C(=O)Nc1ccc(C(=O)N2CCN(C(=O)N3CCC(N)CC3)CC2)c(Cl)c1. The van der Waals surface area contributed by atoms with Crippen LogP contribution >= 0.6 is 11.6 Å². The molecule has 0 atom stereocenters. The van der Waals surface area contributed by atoms with Gasteiger partial charge in [-0.2, -0.15) is 18.3 Å². The van der Waals surface area contributed by atoms with Crippen LogP contribution in [0, 0.1) is 0 Å². The summed E-state index contributed by atoms with van der Waals surface area (Å²) in [5.41, 5.74) is 5.37. The number of rotatable bonds is 5. The van der Waals surface area contributed by atoms with Crippen LogP contribution in [0.25, 0.3) is 11.3 Å². The Balaban J connectivity index is 1.09. The average molecular weight is 648 g/mol. The number of alkyl halides is 3. The molecule has 2 aromatic heterocycles. The van der Waals surface area contributed by atoms with Crippen molar-refractivity contribution in [2.75, 3.05) is 44.6 Å². The number of nitrogens with zero attached hydrogens (tertiary/aromatic N) is 7. The molecule has 240 valence electrons. The number of hydrogen-bond donors (Lipinski definition) is 2. The lowest BCUT2D eigenvalue weighted by Gasteiger charge is -2.39. The largest absolute Gasteiger partial charge is 0.435 e. The van der Waals surface area contributed by atoms with Crippen molar-refractivity contribution in [3.8, 4) is 11.3 Å². The van der Waals surface area contributed by atoms with Gasteiger partial charge in [0.05, 0.1) is 34.1 Å². The van der Waals surface area contributed by atoms with Gasteiger partial charge >= 0.3 is 12.2 Å². The summed E-state index contributed by atoms with van der Waals surface area (Å²) in [5, 5.41) is 6.53. The highest BCUT2D eigenvalue weighted by Crippen LogP contribution is 2.41. The number of aromatic nitrogens is 4. The Labute approximate surface area is 261 Å². The lowest BCUT2D eigenvalue weighted by atomic mass is 10.1. The number of piperidine rings is 1. The van der Waals surface area contributed by atoms with Crippen LogP contribution in [0.3, 0.4) is 0 Å². The van der Waals surface area contributed by atoms with Gasteiger partial charge < -0.3 is 30.3 Å². The van der Waals surface area contributed by atoms with Gasteiger partial charge in [0.2, 0.25) is 0 Å². The standard InChI is InChI=1S/C29H33ClF3N9O3/c1-38-23(21-16-42(19-3-4-19)37-24(21)29(31,32)33)15-35-25(38)26(43)36-18-2-5-20(22(30)14-18)27(44)39-10-12-41(13-11-39)28(45)40-8-6-17(34)7-9-40/h2,5,14-17,19H,3-4,6-13,34H2,1H3,(H,36,43). The minimum atomic E-state index is -4.68. The van der Waals surface area contributed by atoms with E-state index in [4.69, 9.17) is 17.3 Å². The Morgan fingerprint density at radius 1 is 0.978 bits per heavy atom.